The van der Waals surface area contributed by atoms with Crippen LogP contribution in [0.2, 0.25) is 0 Å². The van der Waals surface area contributed by atoms with Gasteiger partial charge in [-0.3, -0.25) is 37.3 Å². The van der Waals surface area contributed by atoms with Crippen LogP contribution >= 0.6 is 15.6 Å². The van der Waals surface area contributed by atoms with E-state index in [0.29, 0.717) is 31.6 Å². The molecular formula is C69H134O17P2. The van der Waals surface area contributed by atoms with Gasteiger partial charge in [-0.2, -0.15) is 0 Å². The van der Waals surface area contributed by atoms with Gasteiger partial charge in [0, 0.05) is 25.7 Å². The number of rotatable bonds is 66. The Hall–Kier alpha value is -1.94. The molecular weight excluding hydrogens is 1160 g/mol. The third kappa shape index (κ3) is 60.3. The van der Waals surface area contributed by atoms with E-state index in [2.05, 4.69) is 55.4 Å². The maximum absolute atomic E-state index is 13.0. The quantitative estimate of drug-likeness (QED) is 0.0222. The summed E-state index contributed by atoms with van der Waals surface area (Å²) in [4.78, 5) is 72.4. The molecule has 0 aromatic rings. The van der Waals surface area contributed by atoms with Crippen LogP contribution in [0.4, 0.5) is 0 Å². The summed E-state index contributed by atoms with van der Waals surface area (Å²) in [6.07, 6.45) is 40.4. The van der Waals surface area contributed by atoms with E-state index in [0.717, 1.165) is 114 Å². The predicted octanol–water partition coefficient (Wildman–Crippen LogP) is 19.3. The lowest BCUT2D eigenvalue weighted by molar-refractivity contribution is -0.161. The fourth-order valence-corrected chi connectivity index (χ4v) is 11.8. The maximum atomic E-state index is 13.0. The van der Waals surface area contributed by atoms with Crippen molar-refractivity contribution < 1.29 is 80.2 Å². The highest BCUT2D eigenvalue weighted by Gasteiger charge is 2.30. The molecule has 522 valence electrons. The molecule has 0 aromatic heterocycles. The van der Waals surface area contributed by atoms with Crippen molar-refractivity contribution in [3.8, 4) is 0 Å². The molecule has 88 heavy (non-hydrogen) atoms. The Kier molecular flexibility index (Phi) is 57.6. The predicted molar refractivity (Wildman–Crippen MR) is 354 cm³/mol. The summed E-state index contributed by atoms with van der Waals surface area (Å²) >= 11 is 0. The number of aliphatic hydroxyl groups excluding tert-OH is 1. The second kappa shape index (κ2) is 58.8. The molecule has 3 N–H and O–H groups in total. The highest BCUT2D eigenvalue weighted by Crippen LogP contribution is 2.45. The standard InChI is InChI=1S/C69H134O17P2/c1-9-61(7)47-39-31-22-18-15-16-20-24-35-43-51-68(73)85-64(56-80-67(72)50-42-34-28-26-32-40-48-62(8)10-2)57-83-87(75,76)81-53-63(70)54-82-88(77,78)84-58-65(86-69(74)52-44-36-27-25-30-38-46-60(5)6)55-79-66(71)49-41-33-23-19-14-12-11-13-17-21-29-37-45-59(3)4/h59-65,70H,9-58H2,1-8H3,(H,75,76)(H,77,78)/t61?,62?,63-,64+,65+/m0/s1. The monoisotopic (exact) mass is 1300 g/mol. The van der Waals surface area contributed by atoms with E-state index in [-0.39, 0.29) is 25.7 Å². The van der Waals surface area contributed by atoms with Gasteiger partial charge in [-0.1, -0.05) is 287 Å². The molecule has 0 saturated heterocycles. The molecule has 0 rings (SSSR count). The average Bonchev–Trinajstić information content (AvgIpc) is 3.52. The molecule has 0 aliphatic heterocycles. The maximum Gasteiger partial charge on any atom is 0.472 e. The number of phosphoric acid groups is 2. The second-order valence-corrected chi connectivity index (χ2v) is 29.3. The first-order chi connectivity index (χ1) is 42.2. The summed E-state index contributed by atoms with van der Waals surface area (Å²) in [6.45, 7) is 14.0. The van der Waals surface area contributed by atoms with Crippen LogP contribution in [0.3, 0.4) is 0 Å². The molecule has 0 amide bonds. The van der Waals surface area contributed by atoms with E-state index in [4.69, 9.17) is 37.0 Å². The number of hydrogen-bond donors (Lipinski definition) is 3. The molecule has 0 saturated carbocycles. The highest BCUT2D eigenvalue weighted by molar-refractivity contribution is 7.47. The van der Waals surface area contributed by atoms with Gasteiger partial charge in [0.2, 0.25) is 0 Å². The van der Waals surface area contributed by atoms with Crippen LogP contribution in [0.25, 0.3) is 0 Å². The van der Waals surface area contributed by atoms with Crippen molar-refractivity contribution in [2.45, 2.75) is 356 Å². The van der Waals surface area contributed by atoms with E-state index < -0.39 is 97.5 Å². The summed E-state index contributed by atoms with van der Waals surface area (Å²) in [6, 6.07) is 0. The molecule has 4 unspecified atom stereocenters. The second-order valence-electron chi connectivity index (χ2n) is 26.4. The van der Waals surface area contributed by atoms with Gasteiger partial charge in [0.05, 0.1) is 26.4 Å². The number of hydrogen-bond acceptors (Lipinski definition) is 15. The zero-order valence-electron chi connectivity index (χ0n) is 57.3. The van der Waals surface area contributed by atoms with Gasteiger partial charge >= 0.3 is 39.5 Å². The first-order valence-electron chi connectivity index (χ1n) is 35.8. The SMILES string of the molecule is CCC(C)CCCCCCCCCCCCC(=O)O[C@H](COC(=O)CCCCCCCCC(C)CC)COP(=O)(O)OC[C@H](O)COP(=O)(O)OC[C@@H](COC(=O)CCCCCCCCCCCCCCC(C)C)OC(=O)CCCCCCCCC(C)C. The number of phosphoric ester groups is 2. The van der Waals surface area contributed by atoms with Crippen LogP contribution in [0, 0.1) is 23.7 Å². The first kappa shape index (κ1) is 86.1. The van der Waals surface area contributed by atoms with E-state index in [1.165, 1.54) is 135 Å². The van der Waals surface area contributed by atoms with E-state index in [1.807, 2.05) is 0 Å². The largest absolute Gasteiger partial charge is 0.472 e. The van der Waals surface area contributed by atoms with Crippen LogP contribution in [-0.2, 0) is 65.4 Å². The number of esters is 4. The molecule has 0 aromatic carbocycles. The smallest absolute Gasteiger partial charge is 0.462 e. The lowest BCUT2D eigenvalue weighted by Gasteiger charge is -2.21. The molecule has 17 nitrogen and oxygen atoms in total. The lowest BCUT2D eigenvalue weighted by atomic mass is 9.99. The average molecular weight is 1300 g/mol. The molecule has 0 bridgehead atoms. The van der Waals surface area contributed by atoms with Gasteiger partial charge in [-0.05, 0) is 49.4 Å². The highest BCUT2D eigenvalue weighted by atomic mass is 31.2. The number of ether oxygens (including phenoxy) is 4. The van der Waals surface area contributed by atoms with Crippen molar-refractivity contribution >= 4 is 39.5 Å². The Morgan fingerprint density at radius 1 is 0.318 bits per heavy atom. The summed E-state index contributed by atoms with van der Waals surface area (Å²) < 4.78 is 68.2. The summed E-state index contributed by atoms with van der Waals surface area (Å²) in [5.41, 5.74) is 0. The van der Waals surface area contributed by atoms with Gasteiger partial charge < -0.3 is 33.8 Å². The minimum Gasteiger partial charge on any atom is -0.462 e. The van der Waals surface area contributed by atoms with Crippen LogP contribution in [-0.4, -0.2) is 96.7 Å². The fraction of sp³-hybridized carbons (Fsp3) is 0.942. The van der Waals surface area contributed by atoms with Crippen molar-refractivity contribution in [3.63, 3.8) is 0 Å². The zero-order valence-corrected chi connectivity index (χ0v) is 59.1. The van der Waals surface area contributed by atoms with Crippen LogP contribution < -0.4 is 0 Å². The lowest BCUT2D eigenvalue weighted by Crippen LogP contribution is -2.30. The van der Waals surface area contributed by atoms with Gasteiger partial charge in [0.1, 0.15) is 19.3 Å². The van der Waals surface area contributed by atoms with Crippen molar-refractivity contribution in [2.24, 2.45) is 23.7 Å². The minimum absolute atomic E-state index is 0.102. The third-order valence-corrected chi connectivity index (χ3v) is 18.4. The molecule has 0 aliphatic carbocycles. The Bertz CT molecular complexity index is 1750. The molecule has 0 radical (unpaired) electrons. The van der Waals surface area contributed by atoms with Crippen LogP contribution in [0.15, 0.2) is 0 Å². The van der Waals surface area contributed by atoms with Crippen molar-refractivity contribution in [2.75, 3.05) is 39.6 Å². The Morgan fingerprint density at radius 3 is 0.807 bits per heavy atom. The number of carbonyl (C=O) groups excluding carboxylic acids is 4. The van der Waals surface area contributed by atoms with Crippen molar-refractivity contribution in [1.29, 1.82) is 0 Å². The normalized spacial score (nSPS) is 14.9. The molecule has 19 heteroatoms. The molecule has 0 aliphatic rings. The molecule has 0 fully saturated rings. The third-order valence-electron chi connectivity index (χ3n) is 16.5. The summed E-state index contributed by atoms with van der Waals surface area (Å²) in [5, 5.41) is 10.6. The van der Waals surface area contributed by atoms with Crippen molar-refractivity contribution in [1.82, 2.24) is 0 Å². The van der Waals surface area contributed by atoms with E-state index in [9.17, 15) is 43.2 Å². The van der Waals surface area contributed by atoms with Gasteiger partial charge in [-0.15, -0.1) is 0 Å². The van der Waals surface area contributed by atoms with Gasteiger partial charge in [0.15, 0.2) is 12.2 Å². The van der Waals surface area contributed by atoms with Crippen molar-refractivity contribution in [3.05, 3.63) is 0 Å². The Labute approximate surface area is 537 Å². The Morgan fingerprint density at radius 2 is 0.545 bits per heavy atom. The van der Waals surface area contributed by atoms with Gasteiger partial charge in [-0.25, -0.2) is 9.13 Å². The minimum atomic E-state index is -4.95. The first-order valence-corrected chi connectivity index (χ1v) is 38.8. The van der Waals surface area contributed by atoms with E-state index >= 15 is 0 Å². The Balaban J connectivity index is 5.22. The summed E-state index contributed by atoms with van der Waals surface area (Å²) in [5.74, 6) is 0.849. The molecule has 0 heterocycles. The number of unbranched alkanes of at least 4 members (excludes halogenated alkanes) is 30. The summed E-state index contributed by atoms with van der Waals surface area (Å²) in [7, 11) is -9.90. The van der Waals surface area contributed by atoms with E-state index in [1.54, 1.807) is 0 Å². The number of aliphatic hydroxyl groups is 1. The topological polar surface area (TPSA) is 237 Å². The van der Waals surface area contributed by atoms with Crippen LogP contribution in [0.1, 0.15) is 338 Å². The van der Waals surface area contributed by atoms with Gasteiger partial charge in [0.25, 0.3) is 0 Å². The fourth-order valence-electron chi connectivity index (χ4n) is 10.2. The number of carbonyl (C=O) groups is 4. The zero-order chi connectivity index (χ0) is 65.4. The molecule has 0 spiro atoms. The van der Waals surface area contributed by atoms with Crippen LogP contribution in [0.5, 0.6) is 0 Å². The molecule has 7 atom stereocenters.